The van der Waals surface area contributed by atoms with Crippen molar-refractivity contribution in [2.24, 2.45) is 0 Å². The summed E-state index contributed by atoms with van der Waals surface area (Å²) in [7, 11) is 0. The van der Waals surface area contributed by atoms with Crippen LogP contribution < -0.4 is 14.8 Å². The molecule has 0 saturated carbocycles. The van der Waals surface area contributed by atoms with E-state index in [1.165, 1.54) is 5.56 Å². The van der Waals surface area contributed by atoms with Crippen LogP contribution in [0.4, 0.5) is 0 Å². The van der Waals surface area contributed by atoms with Gasteiger partial charge in [-0.05, 0) is 55.3 Å². The Morgan fingerprint density at radius 2 is 1.89 bits per heavy atom. The number of carbonyl (C=O) groups excluding carboxylic acids is 1. The van der Waals surface area contributed by atoms with E-state index in [1.807, 2.05) is 54.8 Å². The molecule has 9 heteroatoms. The van der Waals surface area contributed by atoms with Crippen LogP contribution >= 0.6 is 23.4 Å². The maximum absolute atomic E-state index is 13.0. The summed E-state index contributed by atoms with van der Waals surface area (Å²) in [6.45, 7) is 4.05. The molecule has 5 rings (SSSR count). The van der Waals surface area contributed by atoms with E-state index in [1.54, 1.807) is 30.0 Å². The Kier molecular flexibility index (Phi) is 6.66. The third-order valence-electron chi connectivity index (χ3n) is 5.65. The zero-order valence-corrected chi connectivity index (χ0v) is 20.8. The van der Waals surface area contributed by atoms with Crippen LogP contribution in [0, 0.1) is 6.92 Å². The molecule has 4 aromatic rings. The topological polar surface area (TPSA) is 78.3 Å². The molecule has 1 unspecified atom stereocenters. The van der Waals surface area contributed by atoms with Crippen molar-refractivity contribution in [1.29, 1.82) is 0 Å². The molecular formula is C26H23ClN4O3S. The molecule has 0 aliphatic carbocycles. The highest BCUT2D eigenvalue weighted by atomic mass is 35.5. The zero-order chi connectivity index (χ0) is 24.4. The molecule has 7 nitrogen and oxygen atoms in total. The number of hydrogen-bond acceptors (Lipinski definition) is 6. The van der Waals surface area contributed by atoms with Crippen molar-refractivity contribution in [3.63, 3.8) is 0 Å². The number of halogens is 1. The van der Waals surface area contributed by atoms with Gasteiger partial charge < -0.3 is 14.8 Å². The van der Waals surface area contributed by atoms with Gasteiger partial charge in [-0.3, -0.25) is 9.36 Å². The molecule has 178 valence electrons. The van der Waals surface area contributed by atoms with E-state index in [2.05, 4.69) is 27.6 Å². The summed E-state index contributed by atoms with van der Waals surface area (Å²) in [6.07, 6.45) is 0. The lowest BCUT2D eigenvalue weighted by Crippen LogP contribution is -2.28. The molecule has 0 spiro atoms. The quantitative estimate of drug-likeness (QED) is 0.322. The summed E-state index contributed by atoms with van der Waals surface area (Å²) >= 11 is 7.93. The summed E-state index contributed by atoms with van der Waals surface area (Å²) in [6, 6.07) is 20.6. The third kappa shape index (κ3) is 4.99. The first-order valence-electron chi connectivity index (χ1n) is 11.1. The minimum atomic E-state index is -0.426. The van der Waals surface area contributed by atoms with E-state index < -0.39 is 6.04 Å². The van der Waals surface area contributed by atoms with Crippen LogP contribution in [0.2, 0.25) is 5.02 Å². The summed E-state index contributed by atoms with van der Waals surface area (Å²) in [5.41, 5.74) is 3.55. The molecule has 1 aliphatic rings. The molecule has 2 heterocycles. The lowest BCUT2D eigenvalue weighted by Gasteiger charge is -2.18. The van der Waals surface area contributed by atoms with Crippen molar-refractivity contribution in [2.45, 2.75) is 30.8 Å². The minimum absolute atomic E-state index is 0.155. The molecule has 0 saturated heterocycles. The predicted octanol–water partition coefficient (Wildman–Crippen LogP) is 5.74. The van der Waals surface area contributed by atoms with Gasteiger partial charge in [-0.15, -0.1) is 10.2 Å². The Bertz CT molecular complexity index is 1380. The van der Waals surface area contributed by atoms with Crippen molar-refractivity contribution < 1.29 is 14.3 Å². The molecule has 0 bridgehead atoms. The van der Waals surface area contributed by atoms with Crippen molar-refractivity contribution in [2.75, 3.05) is 6.79 Å². The van der Waals surface area contributed by atoms with E-state index in [9.17, 15) is 4.79 Å². The van der Waals surface area contributed by atoms with Crippen LogP contribution in [0.1, 0.15) is 40.3 Å². The van der Waals surface area contributed by atoms with E-state index in [4.69, 9.17) is 21.1 Å². The Labute approximate surface area is 212 Å². The van der Waals surface area contributed by atoms with Crippen LogP contribution in [0.25, 0.3) is 5.69 Å². The fraction of sp³-hybridized carbons (Fsp3) is 0.192. The molecule has 1 aromatic heterocycles. The molecule has 1 atom stereocenters. The average molecular weight is 507 g/mol. The van der Waals surface area contributed by atoms with Crippen molar-refractivity contribution >= 4 is 29.3 Å². The van der Waals surface area contributed by atoms with Crippen LogP contribution in [0.3, 0.4) is 0 Å². The van der Waals surface area contributed by atoms with Gasteiger partial charge in [0.05, 0.1) is 11.7 Å². The SMILES string of the molecule is Cc1ccc(Cl)cc1-n1c(SCc2ccccc2)nnc1C(C)NC(=O)c1ccc2c(c1)OCO2. The predicted molar refractivity (Wildman–Crippen MR) is 136 cm³/mol. The maximum atomic E-state index is 13.0. The Morgan fingerprint density at radius 1 is 1.09 bits per heavy atom. The smallest absolute Gasteiger partial charge is 0.252 e. The van der Waals surface area contributed by atoms with E-state index in [0.29, 0.717) is 27.9 Å². The van der Waals surface area contributed by atoms with Gasteiger partial charge in [0.1, 0.15) is 0 Å². The molecule has 0 fully saturated rings. The van der Waals surface area contributed by atoms with Gasteiger partial charge in [0.2, 0.25) is 6.79 Å². The Hall–Kier alpha value is -3.49. The lowest BCUT2D eigenvalue weighted by atomic mass is 10.1. The van der Waals surface area contributed by atoms with Gasteiger partial charge >= 0.3 is 0 Å². The van der Waals surface area contributed by atoms with Crippen molar-refractivity contribution in [1.82, 2.24) is 20.1 Å². The van der Waals surface area contributed by atoms with Gasteiger partial charge in [0, 0.05) is 16.3 Å². The fourth-order valence-corrected chi connectivity index (χ4v) is 4.88. The molecule has 35 heavy (non-hydrogen) atoms. The number of nitrogens with one attached hydrogen (secondary N) is 1. The monoisotopic (exact) mass is 506 g/mol. The van der Waals surface area contributed by atoms with Gasteiger partial charge in [-0.2, -0.15) is 0 Å². The summed E-state index contributed by atoms with van der Waals surface area (Å²) in [5.74, 6) is 2.29. The van der Waals surface area contributed by atoms with Gasteiger partial charge in [-0.25, -0.2) is 0 Å². The van der Waals surface area contributed by atoms with Crippen LogP contribution in [0.15, 0.2) is 71.9 Å². The number of benzene rings is 3. The molecule has 1 amide bonds. The van der Waals surface area contributed by atoms with Crippen molar-refractivity contribution in [3.8, 4) is 17.2 Å². The number of amides is 1. The molecule has 3 aromatic carbocycles. The standard InChI is InChI=1S/C26H23ClN4O3S/c1-16-8-10-20(27)13-21(16)31-24(29-30-26(31)35-14-18-6-4-3-5-7-18)17(2)28-25(32)19-9-11-22-23(12-19)34-15-33-22/h3-13,17H,14-15H2,1-2H3,(H,28,32). The van der Waals surface area contributed by atoms with Gasteiger partial charge in [0.25, 0.3) is 5.91 Å². The third-order valence-corrected chi connectivity index (χ3v) is 6.89. The summed E-state index contributed by atoms with van der Waals surface area (Å²) in [4.78, 5) is 13.0. The number of aromatic nitrogens is 3. The van der Waals surface area contributed by atoms with Gasteiger partial charge in [-0.1, -0.05) is 59.8 Å². The number of ether oxygens (including phenoxy) is 2. The van der Waals surface area contributed by atoms with Crippen LogP contribution in [0.5, 0.6) is 11.5 Å². The van der Waals surface area contributed by atoms with Crippen LogP contribution in [-0.4, -0.2) is 27.5 Å². The summed E-state index contributed by atoms with van der Waals surface area (Å²) in [5, 5.41) is 13.3. The van der Waals surface area contributed by atoms with Crippen molar-refractivity contribution in [3.05, 3.63) is 94.3 Å². The number of rotatable bonds is 7. The highest BCUT2D eigenvalue weighted by Crippen LogP contribution is 2.33. The maximum Gasteiger partial charge on any atom is 0.252 e. The number of thioether (sulfide) groups is 1. The normalized spacial score (nSPS) is 13.0. The van der Waals surface area contributed by atoms with E-state index in [-0.39, 0.29) is 12.7 Å². The second-order valence-corrected chi connectivity index (χ2v) is 9.52. The van der Waals surface area contributed by atoms with E-state index >= 15 is 0 Å². The Balaban J connectivity index is 1.45. The number of carbonyl (C=O) groups is 1. The highest BCUT2D eigenvalue weighted by Gasteiger charge is 2.24. The van der Waals surface area contributed by atoms with Gasteiger partial charge in [0.15, 0.2) is 22.5 Å². The zero-order valence-electron chi connectivity index (χ0n) is 19.2. The number of fused-ring (bicyclic) bond motifs is 1. The lowest BCUT2D eigenvalue weighted by molar-refractivity contribution is 0.0937. The first-order valence-corrected chi connectivity index (χ1v) is 12.4. The molecule has 1 N–H and O–H groups in total. The fourth-order valence-electron chi connectivity index (χ4n) is 3.81. The van der Waals surface area contributed by atoms with E-state index in [0.717, 1.165) is 22.2 Å². The average Bonchev–Trinajstić information content (AvgIpc) is 3.51. The number of aryl methyl sites for hydroxylation is 1. The minimum Gasteiger partial charge on any atom is -0.454 e. The molecule has 0 radical (unpaired) electrons. The first-order chi connectivity index (χ1) is 17.0. The number of hydrogen-bond donors (Lipinski definition) is 1. The molecule has 1 aliphatic heterocycles. The van der Waals surface area contributed by atoms with Crippen LogP contribution in [-0.2, 0) is 5.75 Å². The molecular weight excluding hydrogens is 484 g/mol. The largest absolute Gasteiger partial charge is 0.454 e. The second kappa shape index (κ2) is 10.0. The number of nitrogens with zero attached hydrogens (tertiary/aromatic N) is 3. The summed E-state index contributed by atoms with van der Waals surface area (Å²) < 4.78 is 12.7. The first kappa shape index (κ1) is 23.3. The second-order valence-electron chi connectivity index (χ2n) is 8.14. The highest BCUT2D eigenvalue weighted by molar-refractivity contribution is 7.98. The Morgan fingerprint density at radius 3 is 2.71 bits per heavy atom.